The molecule has 1 atom stereocenters. The fraction of sp³-hybridized carbons (Fsp3) is 0.222. The molecular weight excluding hydrogens is 285 g/mol. The molecule has 0 N–H and O–H groups in total. The van der Waals surface area contributed by atoms with Crippen molar-refractivity contribution in [2.45, 2.75) is 12.3 Å². The smallest absolute Gasteiger partial charge is 0.270 e. The highest BCUT2D eigenvalue weighted by Gasteiger charge is 2.17. The lowest BCUT2D eigenvalue weighted by atomic mass is 10.1. The van der Waals surface area contributed by atoms with Gasteiger partial charge in [-0.3, -0.25) is 14.9 Å². The third-order valence-corrected chi connectivity index (χ3v) is 2.78. The summed E-state index contributed by atoms with van der Waals surface area (Å²) >= 11 is 8.92. The van der Waals surface area contributed by atoms with Gasteiger partial charge in [0, 0.05) is 16.6 Å². The van der Waals surface area contributed by atoms with E-state index in [1.165, 1.54) is 19.1 Å². The second kappa shape index (κ2) is 4.72. The van der Waals surface area contributed by atoms with Gasteiger partial charge in [0.2, 0.25) is 0 Å². The Labute approximate surface area is 99.5 Å². The number of hydrogen-bond acceptors (Lipinski definition) is 3. The molecular formula is C9H7BrClNO3. The summed E-state index contributed by atoms with van der Waals surface area (Å²) in [5.74, 6) is -0.246. The summed E-state index contributed by atoms with van der Waals surface area (Å²) in [5, 5.41) is 9.71. The summed E-state index contributed by atoms with van der Waals surface area (Å²) in [7, 11) is 0. The molecule has 0 heterocycles. The van der Waals surface area contributed by atoms with E-state index in [4.69, 9.17) is 11.6 Å². The molecule has 0 amide bonds. The molecule has 0 bridgehead atoms. The van der Waals surface area contributed by atoms with Crippen molar-refractivity contribution in [3.8, 4) is 0 Å². The van der Waals surface area contributed by atoms with Crippen LogP contribution in [0.3, 0.4) is 0 Å². The summed E-state index contributed by atoms with van der Waals surface area (Å²) < 4.78 is 0.526. The van der Waals surface area contributed by atoms with E-state index in [0.717, 1.165) is 0 Å². The molecule has 0 spiro atoms. The quantitative estimate of drug-likeness (QED) is 0.488. The first-order valence-electron chi connectivity index (χ1n) is 4.01. The van der Waals surface area contributed by atoms with E-state index in [9.17, 15) is 14.9 Å². The summed E-state index contributed by atoms with van der Waals surface area (Å²) in [6, 6.07) is 4.24. The van der Waals surface area contributed by atoms with E-state index in [1.807, 2.05) is 0 Å². The summed E-state index contributed by atoms with van der Waals surface area (Å²) in [6.07, 6.45) is 0. The molecule has 80 valence electrons. The zero-order chi connectivity index (χ0) is 11.6. The number of hydrogen-bond donors (Lipinski definition) is 0. The van der Waals surface area contributed by atoms with Gasteiger partial charge in [0.15, 0.2) is 5.78 Å². The van der Waals surface area contributed by atoms with Gasteiger partial charge >= 0.3 is 0 Å². The molecule has 0 fully saturated rings. The van der Waals surface area contributed by atoms with Crippen LogP contribution >= 0.6 is 27.5 Å². The number of nitro benzene ring substituents is 1. The highest BCUT2D eigenvalue weighted by Crippen LogP contribution is 2.28. The van der Waals surface area contributed by atoms with Crippen molar-refractivity contribution in [3.63, 3.8) is 0 Å². The number of halogens is 2. The summed E-state index contributed by atoms with van der Waals surface area (Å²) in [5.41, 5.74) is 0.330. The van der Waals surface area contributed by atoms with Crippen LogP contribution in [0.5, 0.6) is 0 Å². The van der Waals surface area contributed by atoms with Crippen LogP contribution in [0.1, 0.15) is 17.9 Å². The molecule has 0 saturated carbocycles. The lowest BCUT2D eigenvalue weighted by Crippen LogP contribution is -2.02. The zero-order valence-electron chi connectivity index (χ0n) is 7.74. The Morgan fingerprint density at radius 1 is 1.53 bits per heavy atom. The second-order valence-corrected chi connectivity index (χ2v) is 4.33. The van der Waals surface area contributed by atoms with Crippen molar-refractivity contribution in [2.75, 3.05) is 0 Å². The van der Waals surface area contributed by atoms with E-state index in [2.05, 4.69) is 15.9 Å². The molecule has 4 nitrogen and oxygen atoms in total. The number of ketones is 1. The topological polar surface area (TPSA) is 60.2 Å². The minimum atomic E-state index is -0.846. The molecule has 0 aliphatic rings. The third kappa shape index (κ3) is 3.00. The Morgan fingerprint density at radius 2 is 2.13 bits per heavy atom. The van der Waals surface area contributed by atoms with Gasteiger partial charge in [-0.2, -0.15) is 0 Å². The molecule has 6 heteroatoms. The minimum Gasteiger partial charge on any atom is -0.298 e. The Hall–Kier alpha value is -0.940. The first kappa shape index (κ1) is 12.1. The van der Waals surface area contributed by atoms with E-state index < -0.39 is 10.3 Å². The normalized spacial score (nSPS) is 12.2. The number of non-ortho nitro benzene ring substituents is 1. The highest BCUT2D eigenvalue weighted by atomic mass is 79.9. The molecule has 1 rings (SSSR count). The van der Waals surface area contributed by atoms with Crippen molar-refractivity contribution < 1.29 is 9.72 Å². The van der Waals surface area contributed by atoms with Crippen LogP contribution in [0.2, 0.25) is 0 Å². The maximum absolute atomic E-state index is 11.0. The van der Waals surface area contributed by atoms with Crippen molar-refractivity contribution in [1.82, 2.24) is 0 Å². The number of carbonyl (C=O) groups excluding carboxylic acids is 1. The molecule has 15 heavy (non-hydrogen) atoms. The highest BCUT2D eigenvalue weighted by molar-refractivity contribution is 9.10. The zero-order valence-corrected chi connectivity index (χ0v) is 10.1. The number of carbonyl (C=O) groups is 1. The standard InChI is InChI=1S/C9H7BrClNO3/c1-5(13)9(11)6-2-7(10)4-8(3-6)12(14)15/h2-4,9H,1H3. The minimum absolute atomic E-state index is 0.0914. The number of nitro groups is 1. The first-order valence-corrected chi connectivity index (χ1v) is 5.24. The molecule has 1 aromatic carbocycles. The van der Waals surface area contributed by atoms with E-state index in [1.54, 1.807) is 6.07 Å². The predicted molar refractivity (Wildman–Crippen MR) is 60.1 cm³/mol. The van der Waals surface area contributed by atoms with Crippen LogP contribution in [0, 0.1) is 10.1 Å². The number of Topliss-reactive ketones (excluding diaryl/α,β-unsaturated/α-hetero) is 1. The lowest BCUT2D eigenvalue weighted by Gasteiger charge is -2.06. The second-order valence-electron chi connectivity index (χ2n) is 2.97. The lowest BCUT2D eigenvalue weighted by molar-refractivity contribution is -0.385. The van der Waals surface area contributed by atoms with Gasteiger partial charge in [-0.25, -0.2) is 0 Å². The van der Waals surface area contributed by atoms with Crippen molar-refractivity contribution >= 4 is 39.0 Å². The molecule has 0 aliphatic heterocycles. The largest absolute Gasteiger partial charge is 0.298 e. The van der Waals surface area contributed by atoms with Gasteiger partial charge in [-0.1, -0.05) is 15.9 Å². The van der Waals surface area contributed by atoms with Crippen molar-refractivity contribution in [2.24, 2.45) is 0 Å². The number of rotatable bonds is 3. The maximum Gasteiger partial charge on any atom is 0.270 e. The average Bonchev–Trinajstić information content (AvgIpc) is 2.15. The first-order chi connectivity index (χ1) is 6.91. The van der Waals surface area contributed by atoms with Gasteiger partial charge in [0.1, 0.15) is 5.38 Å². The molecule has 0 aromatic heterocycles. The fourth-order valence-electron chi connectivity index (χ4n) is 1.08. The van der Waals surface area contributed by atoms with Crippen LogP contribution in [-0.2, 0) is 4.79 Å². The van der Waals surface area contributed by atoms with Crippen LogP contribution in [0.4, 0.5) is 5.69 Å². The van der Waals surface area contributed by atoms with E-state index in [0.29, 0.717) is 10.0 Å². The predicted octanol–water partition coefficient (Wildman–Crippen LogP) is 3.23. The Kier molecular flexibility index (Phi) is 3.82. The van der Waals surface area contributed by atoms with E-state index >= 15 is 0 Å². The van der Waals surface area contributed by atoms with Crippen LogP contribution in [-0.4, -0.2) is 10.7 Å². The third-order valence-electron chi connectivity index (χ3n) is 1.77. The monoisotopic (exact) mass is 291 g/mol. The maximum atomic E-state index is 11.0. The number of benzene rings is 1. The van der Waals surface area contributed by atoms with Gasteiger partial charge in [0.05, 0.1) is 4.92 Å². The summed E-state index contributed by atoms with van der Waals surface area (Å²) in [6.45, 7) is 1.34. The SMILES string of the molecule is CC(=O)C(Cl)c1cc(Br)cc([N+](=O)[O-])c1. The average molecular weight is 293 g/mol. The molecule has 1 aromatic rings. The van der Waals surface area contributed by atoms with Crippen molar-refractivity contribution in [3.05, 3.63) is 38.3 Å². The van der Waals surface area contributed by atoms with Gasteiger partial charge in [0.25, 0.3) is 5.69 Å². The molecule has 1 unspecified atom stereocenters. The van der Waals surface area contributed by atoms with Crippen LogP contribution in [0.25, 0.3) is 0 Å². The molecule has 0 saturated heterocycles. The molecule has 0 radical (unpaired) electrons. The van der Waals surface area contributed by atoms with Gasteiger partial charge < -0.3 is 0 Å². The van der Waals surface area contributed by atoms with Crippen LogP contribution < -0.4 is 0 Å². The Bertz CT molecular complexity index is 422. The number of alkyl halides is 1. The Balaban J connectivity index is 3.20. The Morgan fingerprint density at radius 3 is 2.60 bits per heavy atom. The van der Waals surface area contributed by atoms with Gasteiger partial charge in [-0.05, 0) is 18.6 Å². The van der Waals surface area contributed by atoms with E-state index in [-0.39, 0.29) is 11.5 Å². The van der Waals surface area contributed by atoms with Gasteiger partial charge in [-0.15, -0.1) is 11.6 Å². The summed E-state index contributed by atoms with van der Waals surface area (Å²) in [4.78, 5) is 21.0. The fourth-order valence-corrected chi connectivity index (χ4v) is 1.71. The van der Waals surface area contributed by atoms with Crippen molar-refractivity contribution in [1.29, 1.82) is 0 Å². The number of nitrogens with zero attached hydrogens (tertiary/aromatic N) is 1. The molecule has 0 aliphatic carbocycles. The van der Waals surface area contributed by atoms with Crippen LogP contribution in [0.15, 0.2) is 22.7 Å².